The minimum atomic E-state index is -4.35. The lowest BCUT2D eigenvalue weighted by Crippen LogP contribution is -2.50. The smallest absolute Gasteiger partial charge is 0.300 e. The van der Waals surface area contributed by atoms with Crippen molar-refractivity contribution in [2.24, 2.45) is 5.41 Å². The zero-order valence-corrected chi connectivity index (χ0v) is 15.2. The largest absolute Gasteiger partial charge is 0.433 e. The van der Waals surface area contributed by atoms with Gasteiger partial charge >= 0.3 is 6.18 Å². The summed E-state index contributed by atoms with van der Waals surface area (Å²) in [5.41, 5.74) is 0.835. The van der Waals surface area contributed by atoms with E-state index in [-0.39, 0.29) is 0 Å². The zero-order chi connectivity index (χ0) is 17.5. The van der Waals surface area contributed by atoms with E-state index in [0.29, 0.717) is 17.4 Å². The summed E-state index contributed by atoms with van der Waals surface area (Å²) in [4.78, 5) is 6.30. The lowest BCUT2D eigenvalue weighted by molar-refractivity contribution is -0.141. The molecule has 2 nitrogen and oxygen atoms in total. The fourth-order valence-electron chi connectivity index (χ4n) is 4.63. The van der Waals surface area contributed by atoms with Crippen LogP contribution in [-0.2, 0) is 6.18 Å². The van der Waals surface area contributed by atoms with Gasteiger partial charge in [-0.2, -0.15) is 24.9 Å². The Balaban J connectivity index is 1.29. The van der Waals surface area contributed by atoms with Crippen LogP contribution < -0.4 is 0 Å². The Morgan fingerprint density at radius 1 is 1.04 bits per heavy atom. The average Bonchev–Trinajstić information content (AvgIpc) is 2.60. The number of hydrogen-bond acceptors (Lipinski definition) is 3. The maximum Gasteiger partial charge on any atom is 0.433 e. The minimum absolute atomic E-state index is 0.366. The summed E-state index contributed by atoms with van der Waals surface area (Å²) in [6.07, 6.45) is 4.24. The molecule has 0 aromatic carbocycles. The van der Waals surface area contributed by atoms with Gasteiger partial charge in [0.2, 0.25) is 0 Å². The van der Waals surface area contributed by atoms with Gasteiger partial charge in [-0.1, -0.05) is 6.07 Å². The normalized spacial score (nSPS) is 30.2. The molecule has 0 N–H and O–H groups in total. The SMILES string of the molecule is FC(F)(F)c1ccc(C2CCC(N3CCC4(CC3)CSC4)CC2)cn1. The van der Waals surface area contributed by atoms with Crippen molar-refractivity contribution >= 4 is 11.8 Å². The summed E-state index contributed by atoms with van der Waals surface area (Å²) >= 11 is 2.08. The van der Waals surface area contributed by atoms with Crippen molar-refractivity contribution in [3.8, 4) is 0 Å². The maximum atomic E-state index is 12.6. The van der Waals surface area contributed by atoms with Crippen molar-refractivity contribution in [2.75, 3.05) is 24.6 Å². The zero-order valence-electron chi connectivity index (χ0n) is 14.4. The Hall–Kier alpha value is -0.750. The molecule has 3 fully saturated rings. The van der Waals surface area contributed by atoms with Crippen LogP contribution in [0, 0.1) is 5.41 Å². The van der Waals surface area contributed by atoms with Crippen molar-refractivity contribution in [1.82, 2.24) is 9.88 Å². The highest BCUT2D eigenvalue weighted by Crippen LogP contribution is 2.47. The van der Waals surface area contributed by atoms with Crippen LogP contribution in [0.5, 0.6) is 0 Å². The highest BCUT2D eigenvalue weighted by molar-refractivity contribution is 8.00. The average molecular weight is 370 g/mol. The lowest BCUT2D eigenvalue weighted by Gasteiger charge is -2.49. The van der Waals surface area contributed by atoms with E-state index in [0.717, 1.165) is 37.3 Å². The van der Waals surface area contributed by atoms with Crippen molar-refractivity contribution < 1.29 is 13.2 Å². The standard InChI is InChI=1S/C19H25F3N2S/c20-19(21,22)17-6-3-15(11-23-17)14-1-4-16(5-2-14)24-9-7-18(8-10-24)12-25-13-18/h3,6,11,14,16H,1-2,4-5,7-10,12-13H2. The first-order valence-corrected chi connectivity index (χ1v) is 10.5. The highest BCUT2D eigenvalue weighted by Gasteiger charge is 2.41. The van der Waals surface area contributed by atoms with E-state index in [4.69, 9.17) is 0 Å². The molecule has 4 rings (SSSR count). The van der Waals surface area contributed by atoms with Gasteiger partial charge in [0.05, 0.1) is 0 Å². The molecule has 138 valence electrons. The second kappa shape index (κ2) is 6.76. The first-order chi connectivity index (χ1) is 12.0. The molecular formula is C19H25F3N2S. The summed E-state index contributed by atoms with van der Waals surface area (Å²) in [6.45, 7) is 2.47. The van der Waals surface area contributed by atoms with Crippen LogP contribution in [0.15, 0.2) is 18.3 Å². The first kappa shape index (κ1) is 17.7. The van der Waals surface area contributed by atoms with Crippen LogP contribution >= 0.6 is 11.8 Å². The van der Waals surface area contributed by atoms with Gasteiger partial charge < -0.3 is 4.90 Å². The Morgan fingerprint density at radius 3 is 2.20 bits per heavy atom. The predicted octanol–water partition coefficient (Wildman–Crippen LogP) is 4.96. The van der Waals surface area contributed by atoms with E-state index >= 15 is 0 Å². The summed E-state index contributed by atoms with van der Waals surface area (Å²) in [5.74, 6) is 3.08. The predicted molar refractivity (Wildman–Crippen MR) is 94.8 cm³/mol. The Morgan fingerprint density at radius 2 is 1.72 bits per heavy atom. The molecule has 3 heterocycles. The first-order valence-electron chi connectivity index (χ1n) is 9.30. The third-order valence-corrected chi connectivity index (χ3v) is 8.07. The van der Waals surface area contributed by atoms with E-state index in [9.17, 15) is 13.2 Å². The molecule has 25 heavy (non-hydrogen) atoms. The molecular weight excluding hydrogens is 345 g/mol. The summed E-state index contributed by atoms with van der Waals surface area (Å²) in [7, 11) is 0. The molecule has 0 unspecified atom stereocenters. The molecule has 2 saturated heterocycles. The van der Waals surface area contributed by atoms with Crippen molar-refractivity contribution in [2.45, 2.75) is 56.7 Å². The van der Waals surface area contributed by atoms with Gasteiger partial charge in [-0.05, 0) is 86.1 Å². The molecule has 0 radical (unpaired) electrons. The van der Waals surface area contributed by atoms with Crippen molar-refractivity contribution in [3.63, 3.8) is 0 Å². The summed E-state index contributed by atoms with van der Waals surface area (Å²) in [5, 5.41) is 0. The third-order valence-electron chi connectivity index (χ3n) is 6.44. The van der Waals surface area contributed by atoms with E-state index in [2.05, 4.69) is 21.6 Å². The highest BCUT2D eigenvalue weighted by atomic mass is 32.2. The van der Waals surface area contributed by atoms with Crippen LogP contribution in [0.25, 0.3) is 0 Å². The van der Waals surface area contributed by atoms with Gasteiger partial charge in [0.15, 0.2) is 0 Å². The van der Waals surface area contributed by atoms with E-state index in [1.54, 1.807) is 6.07 Å². The number of aromatic nitrogens is 1. The number of likely N-dealkylation sites (tertiary alicyclic amines) is 1. The molecule has 2 aliphatic heterocycles. The summed E-state index contributed by atoms with van der Waals surface area (Å²) in [6, 6.07) is 3.42. The minimum Gasteiger partial charge on any atom is -0.300 e. The molecule has 6 heteroatoms. The molecule has 0 bridgehead atoms. The molecule has 1 aromatic rings. The second-order valence-corrected chi connectivity index (χ2v) is 8.99. The van der Waals surface area contributed by atoms with Crippen LogP contribution in [-0.4, -0.2) is 40.5 Å². The van der Waals surface area contributed by atoms with Gasteiger partial charge in [0, 0.05) is 12.2 Å². The number of rotatable bonds is 2. The molecule has 1 spiro atoms. The van der Waals surface area contributed by atoms with Gasteiger partial charge in [-0.25, -0.2) is 0 Å². The number of pyridine rings is 1. The molecule has 1 saturated carbocycles. The number of hydrogen-bond donors (Lipinski definition) is 0. The molecule has 0 atom stereocenters. The molecule has 1 aliphatic carbocycles. The maximum absolute atomic E-state index is 12.6. The number of halogens is 3. The van der Waals surface area contributed by atoms with E-state index in [1.165, 1.54) is 43.6 Å². The summed E-state index contributed by atoms with van der Waals surface area (Å²) < 4.78 is 37.9. The van der Waals surface area contributed by atoms with Crippen LogP contribution in [0.3, 0.4) is 0 Å². The molecule has 3 aliphatic rings. The Labute approximate surface area is 151 Å². The van der Waals surface area contributed by atoms with Gasteiger partial charge in [0.1, 0.15) is 5.69 Å². The van der Waals surface area contributed by atoms with Gasteiger partial charge in [-0.3, -0.25) is 4.98 Å². The van der Waals surface area contributed by atoms with Crippen LogP contribution in [0.2, 0.25) is 0 Å². The lowest BCUT2D eigenvalue weighted by atomic mass is 9.78. The van der Waals surface area contributed by atoms with Crippen LogP contribution in [0.4, 0.5) is 13.2 Å². The van der Waals surface area contributed by atoms with Crippen molar-refractivity contribution in [3.05, 3.63) is 29.6 Å². The monoisotopic (exact) mass is 370 g/mol. The third kappa shape index (κ3) is 3.70. The van der Waals surface area contributed by atoms with Crippen LogP contribution in [0.1, 0.15) is 55.7 Å². The van der Waals surface area contributed by atoms with E-state index in [1.807, 2.05) is 0 Å². The quantitative estimate of drug-likeness (QED) is 0.732. The van der Waals surface area contributed by atoms with Crippen molar-refractivity contribution in [1.29, 1.82) is 0 Å². The number of piperidine rings is 1. The van der Waals surface area contributed by atoms with E-state index < -0.39 is 11.9 Å². The second-order valence-electron chi connectivity index (χ2n) is 8.01. The fraction of sp³-hybridized carbons (Fsp3) is 0.737. The topological polar surface area (TPSA) is 16.1 Å². The number of nitrogens with zero attached hydrogens (tertiary/aromatic N) is 2. The molecule has 1 aromatic heterocycles. The Bertz CT molecular complexity index is 580. The van der Waals surface area contributed by atoms with Gasteiger partial charge in [0.25, 0.3) is 0 Å². The number of alkyl halides is 3. The fourth-order valence-corrected chi connectivity index (χ4v) is 5.99. The molecule has 0 amide bonds. The Kier molecular flexibility index (Phi) is 4.78. The van der Waals surface area contributed by atoms with Gasteiger partial charge in [-0.15, -0.1) is 0 Å². The number of thioether (sulfide) groups is 1.